The molecule has 3 aromatic rings. The molecule has 2 aromatic heterocycles. The summed E-state index contributed by atoms with van der Waals surface area (Å²) in [6.45, 7) is 2.93. The number of aryl methyl sites for hydroxylation is 1. The standard InChI is InChI=1S/C17H20N4O/c1-2-3-15-10-17(21-16(20-15)8-9-19-21)18-11-13-4-6-14(12-22)7-5-13/h4-10,18,22H,2-3,11-12H2,1H3. The summed E-state index contributed by atoms with van der Waals surface area (Å²) in [6.07, 6.45) is 3.79. The van der Waals surface area contributed by atoms with Gasteiger partial charge in [-0.2, -0.15) is 9.61 Å². The number of fused-ring (bicyclic) bond motifs is 1. The fourth-order valence-electron chi connectivity index (χ4n) is 2.43. The van der Waals surface area contributed by atoms with E-state index in [1.165, 1.54) is 0 Å². The second-order valence-corrected chi connectivity index (χ2v) is 5.31. The number of hydrogen-bond donors (Lipinski definition) is 2. The van der Waals surface area contributed by atoms with Crippen molar-refractivity contribution in [2.45, 2.75) is 32.9 Å². The average molecular weight is 296 g/mol. The summed E-state index contributed by atoms with van der Waals surface area (Å²) in [6, 6.07) is 11.9. The molecule has 0 bridgehead atoms. The highest BCUT2D eigenvalue weighted by Crippen LogP contribution is 2.15. The van der Waals surface area contributed by atoms with E-state index in [9.17, 15) is 0 Å². The maximum absolute atomic E-state index is 9.08. The van der Waals surface area contributed by atoms with Crippen molar-refractivity contribution in [1.29, 1.82) is 0 Å². The fourth-order valence-corrected chi connectivity index (χ4v) is 2.43. The topological polar surface area (TPSA) is 62.5 Å². The molecule has 2 N–H and O–H groups in total. The molecule has 0 saturated heterocycles. The van der Waals surface area contributed by atoms with E-state index in [0.29, 0.717) is 6.54 Å². The third-order valence-corrected chi connectivity index (χ3v) is 3.60. The molecular formula is C17H20N4O. The lowest BCUT2D eigenvalue weighted by Crippen LogP contribution is -2.07. The number of rotatable bonds is 6. The van der Waals surface area contributed by atoms with E-state index in [1.807, 2.05) is 34.8 Å². The first-order chi connectivity index (χ1) is 10.8. The Morgan fingerprint density at radius 3 is 2.64 bits per heavy atom. The van der Waals surface area contributed by atoms with Gasteiger partial charge in [0.15, 0.2) is 5.65 Å². The number of nitrogens with zero attached hydrogens (tertiary/aromatic N) is 3. The molecule has 0 aliphatic carbocycles. The summed E-state index contributed by atoms with van der Waals surface area (Å²) in [4.78, 5) is 4.60. The van der Waals surface area contributed by atoms with Gasteiger partial charge in [0.2, 0.25) is 0 Å². The SMILES string of the molecule is CCCc1cc(NCc2ccc(CO)cc2)n2nccc2n1. The Morgan fingerprint density at radius 1 is 1.14 bits per heavy atom. The van der Waals surface area contributed by atoms with Crippen LogP contribution in [-0.4, -0.2) is 19.7 Å². The molecule has 5 heteroatoms. The van der Waals surface area contributed by atoms with Crippen LogP contribution >= 0.6 is 0 Å². The molecule has 0 radical (unpaired) electrons. The number of anilines is 1. The highest BCUT2D eigenvalue weighted by molar-refractivity contribution is 5.49. The van der Waals surface area contributed by atoms with E-state index in [2.05, 4.69) is 28.4 Å². The summed E-state index contributed by atoms with van der Waals surface area (Å²) in [5.74, 6) is 0.949. The van der Waals surface area contributed by atoms with Gasteiger partial charge in [-0.15, -0.1) is 0 Å². The van der Waals surface area contributed by atoms with Crippen molar-refractivity contribution < 1.29 is 5.11 Å². The molecule has 0 aliphatic heterocycles. The number of nitrogens with one attached hydrogen (secondary N) is 1. The van der Waals surface area contributed by atoms with Gasteiger partial charge in [0.1, 0.15) is 5.82 Å². The maximum atomic E-state index is 9.08. The zero-order valence-corrected chi connectivity index (χ0v) is 12.7. The Bertz CT molecular complexity index is 749. The first-order valence-electron chi connectivity index (χ1n) is 7.56. The third-order valence-electron chi connectivity index (χ3n) is 3.60. The van der Waals surface area contributed by atoms with Crippen LogP contribution in [0.2, 0.25) is 0 Å². The number of aliphatic hydroxyl groups excluding tert-OH is 1. The lowest BCUT2D eigenvalue weighted by molar-refractivity contribution is 0.282. The van der Waals surface area contributed by atoms with Crippen molar-refractivity contribution in [1.82, 2.24) is 14.6 Å². The van der Waals surface area contributed by atoms with Crippen molar-refractivity contribution in [2.75, 3.05) is 5.32 Å². The first-order valence-corrected chi connectivity index (χ1v) is 7.56. The minimum Gasteiger partial charge on any atom is -0.392 e. The van der Waals surface area contributed by atoms with Crippen LogP contribution in [0.5, 0.6) is 0 Å². The Kier molecular flexibility index (Phi) is 4.34. The summed E-state index contributed by atoms with van der Waals surface area (Å²) in [7, 11) is 0. The van der Waals surface area contributed by atoms with E-state index < -0.39 is 0 Å². The molecule has 3 rings (SSSR count). The molecule has 0 atom stereocenters. The Hall–Kier alpha value is -2.40. The van der Waals surface area contributed by atoms with E-state index in [4.69, 9.17) is 5.11 Å². The van der Waals surface area contributed by atoms with Crippen LogP contribution in [0, 0.1) is 0 Å². The molecule has 0 spiro atoms. The third kappa shape index (κ3) is 3.09. The summed E-state index contributed by atoms with van der Waals surface area (Å²) in [5.41, 5.74) is 4.02. The molecule has 0 amide bonds. The van der Waals surface area contributed by atoms with Gasteiger partial charge in [0.25, 0.3) is 0 Å². The van der Waals surface area contributed by atoms with Crippen molar-refractivity contribution in [3.05, 3.63) is 59.4 Å². The number of aliphatic hydroxyl groups is 1. The number of aromatic nitrogens is 3. The second kappa shape index (κ2) is 6.58. The minimum atomic E-state index is 0.0757. The van der Waals surface area contributed by atoms with Crippen LogP contribution in [0.3, 0.4) is 0 Å². The molecular weight excluding hydrogens is 276 g/mol. The van der Waals surface area contributed by atoms with E-state index >= 15 is 0 Å². The lowest BCUT2D eigenvalue weighted by Gasteiger charge is -2.10. The van der Waals surface area contributed by atoms with Crippen molar-refractivity contribution >= 4 is 11.5 Å². The summed E-state index contributed by atoms with van der Waals surface area (Å²) >= 11 is 0. The second-order valence-electron chi connectivity index (χ2n) is 5.31. The largest absolute Gasteiger partial charge is 0.392 e. The van der Waals surface area contributed by atoms with Crippen molar-refractivity contribution in [3.63, 3.8) is 0 Å². The molecule has 2 heterocycles. The van der Waals surface area contributed by atoms with Gasteiger partial charge in [0.05, 0.1) is 12.8 Å². The quantitative estimate of drug-likeness (QED) is 0.734. The molecule has 114 valence electrons. The summed E-state index contributed by atoms with van der Waals surface area (Å²) < 4.78 is 1.82. The van der Waals surface area contributed by atoms with E-state index in [0.717, 1.165) is 41.1 Å². The van der Waals surface area contributed by atoms with Crippen LogP contribution in [0.4, 0.5) is 5.82 Å². The monoisotopic (exact) mass is 296 g/mol. The van der Waals surface area contributed by atoms with Gasteiger partial charge in [-0.3, -0.25) is 0 Å². The zero-order valence-electron chi connectivity index (χ0n) is 12.7. The van der Waals surface area contributed by atoms with Crippen LogP contribution in [-0.2, 0) is 19.6 Å². The Morgan fingerprint density at radius 2 is 1.91 bits per heavy atom. The molecule has 22 heavy (non-hydrogen) atoms. The molecule has 0 unspecified atom stereocenters. The molecule has 0 aliphatic rings. The fraction of sp³-hybridized carbons (Fsp3) is 0.294. The van der Waals surface area contributed by atoms with Gasteiger partial charge in [-0.05, 0) is 17.5 Å². The van der Waals surface area contributed by atoms with Gasteiger partial charge in [-0.1, -0.05) is 37.6 Å². The Balaban J connectivity index is 1.81. The van der Waals surface area contributed by atoms with Gasteiger partial charge in [-0.25, -0.2) is 4.98 Å². The molecule has 0 saturated carbocycles. The van der Waals surface area contributed by atoms with Gasteiger partial charge >= 0.3 is 0 Å². The van der Waals surface area contributed by atoms with Gasteiger partial charge < -0.3 is 10.4 Å². The number of hydrogen-bond acceptors (Lipinski definition) is 4. The zero-order chi connectivity index (χ0) is 15.4. The summed E-state index contributed by atoms with van der Waals surface area (Å²) in [5, 5.41) is 16.8. The lowest BCUT2D eigenvalue weighted by atomic mass is 10.1. The normalized spacial score (nSPS) is 11.0. The average Bonchev–Trinajstić information content (AvgIpc) is 3.02. The Labute approximate surface area is 129 Å². The van der Waals surface area contributed by atoms with E-state index in [-0.39, 0.29) is 6.61 Å². The first kappa shape index (κ1) is 14.5. The molecule has 1 aromatic carbocycles. The molecule has 0 fully saturated rings. The van der Waals surface area contributed by atoms with Crippen LogP contribution in [0.1, 0.15) is 30.2 Å². The van der Waals surface area contributed by atoms with Crippen LogP contribution < -0.4 is 5.32 Å². The van der Waals surface area contributed by atoms with E-state index in [1.54, 1.807) is 6.20 Å². The van der Waals surface area contributed by atoms with Crippen molar-refractivity contribution in [3.8, 4) is 0 Å². The molecule has 5 nitrogen and oxygen atoms in total. The predicted molar refractivity (Wildman–Crippen MR) is 86.7 cm³/mol. The van der Waals surface area contributed by atoms with Crippen LogP contribution in [0.15, 0.2) is 42.6 Å². The maximum Gasteiger partial charge on any atom is 0.157 e. The predicted octanol–water partition coefficient (Wildman–Crippen LogP) is 2.79. The highest BCUT2D eigenvalue weighted by atomic mass is 16.3. The van der Waals surface area contributed by atoms with Crippen molar-refractivity contribution in [2.24, 2.45) is 0 Å². The van der Waals surface area contributed by atoms with Crippen LogP contribution in [0.25, 0.3) is 5.65 Å². The smallest absolute Gasteiger partial charge is 0.157 e. The van der Waals surface area contributed by atoms with Gasteiger partial charge in [0, 0.05) is 24.4 Å². The number of benzene rings is 1. The minimum absolute atomic E-state index is 0.0757. The highest BCUT2D eigenvalue weighted by Gasteiger charge is 2.06.